The first-order valence-corrected chi connectivity index (χ1v) is 10.4. The van der Waals surface area contributed by atoms with Crippen LogP contribution in [0.1, 0.15) is 54.4 Å². The highest BCUT2D eigenvalue weighted by Gasteiger charge is 2.33. The summed E-state index contributed by atoms with van der Waals surface area (Å²) in [4.78, 5) is 25.4. The first kappa shape index (κ1) is 18.7. The van der Waals surface area contributed by atoms with Crippen LogP contribution in [-0.2, 0) is 11.2 Å². The highest BCUT2D eigenvalue weighted by Crippen LogP contribution is 2.46. The summed E-state index contributed by atoms with van der Waals surface area (Å²) in [5, 5.41) is 1.06. The van der Waals surface area contributed by atoms with Gasteiger partial charge in [-0.2, -0.15) is 0 Å². The zero-order valence-corrected chi connectivity index (χ0v) is 17.4. The Bertz CT molecular complexity index is 1270. The summed E-state index contributed by atoms with van der Waals surface area (Å²) < 4.78 is 12.8. The average molecular weight is 404 g/mol. The maximum atomic E-state index is 12.3. The quantitative estimate of drug-likeness (QED) is 0.479. The van der Waals surface area contributed by atoms with Gasteiger partial charge in [0, 0.05) is 23.1 Å². The smallest absolute Gasteiger partial charge is 0.338 e. The zero-order valence-electron chi connectivity index (χ0n) is 17.4. The molecule has 4 aromatic heterocycles. The van der Waals surface area contributed by atoms with Gasteiger partial charge in [0.15, 0.2) is 5.88 Å². The number of carbonyl (C=O) groups excluding carboxylic acids is 1. The van der Waals surface area contributed by atoms with E-state index in [1.807, 2.05) is 4.40 Å². The van der Waals surface area contributed by atoms with Crippen LogP contribution in [0.5, 0.6) is 5.88 Å². The second kappa shape index (κ2) is 7.16. The van der Waals surface area contributed by atoms with Gasteiger partial charge in [0.25, 0.3) is 0 Å². The number of hydrogen-bond donors (Lipinski definition) is 1. The third-order valence-electron chi connectivity index (χ3n) is 5.56. The predicted octanol–water partition coefficient (Wildman–Crippen LogP) is 4.50. The number of rotatable bonds is 6. The van der Waals surface area contributed by atoms with E-state index in [0.29, 0.717) is 29.6 Å². The van der Waals surface area contributed by atoms with E-state index in [2.05, 4.69) is 30.1 Å². The van der Waals surface area contributed by atoms with Crippen LogP contribution in [0, 0.1) is 0 Å². The Kier molecular flexibility index (Phi) is 4.46. The standard InChI is InChI=1S/C23H24N4O3/c1-4-16-9-8-14-10-17(25-22(14)24-16)20-21(13-6-7-13)27-18(26-20)11-15(12-19(27)29-3)23(28)30-5-2/h8-13H,4-7H2,1-3H3,(H,24,25). The van der Waals surface area contributed by atoms with Gasteiger partial charge in [-0.05, 0) is 50.5 Å². The minimum atomic E-state index is -0.377. The van der Waals surface area contributed by atoms with E-state index in [9.17, 15) is 4.79 Å². The Morgan fingerprint density at radius 2 is 2.03 bits per heavy atom. The molecule has 0 unspecified atom stereocenters. The molecule has 154 valence electrons. The molecule has 1 N–H and O–H groups in total. The zero-order chi connectivity index (χ0) is 20.8. The van der Waals surface area contributed by atoms with Crippen molar-refractivity contribution in [2.24, 2.45) is 0 Å². The van der Waals surface area contributed by atoms with Crippen LogP contribution in [0.25, 0.3) is 28.1 Å². The lowest BCUT2D eigenvalue weighted by molar-refractivity contribution is 0.0526. The minimum Gasteiger partial charge on any atom is -0.482 e. The van der Waals surface area contributed by atoms with Gasteiger partial charge in [0.2, 0.25) is 0 Å². The summed E-state index contributed by atoms with van der Waals surface area (Å²) in [6, 6.07) is 9.73. The maximum absolute atomic E-state index is 12.3. The molecule has 7 heteroatoms. The van der Waals surface area contributed by atoms with Gasteiger partial charge in [0.05, 0.1) is 30.7 Å². The van der Waals surface area contributed by atoms with E-state index in [1.165, 1.54) is 0 Å². The summed E-state index contributed by atoms with van der Waals surface area (Å²) in [6.45, 7) is 4.21. The second-order valence-electron chi connectivity index (χ2n) is 7.60. The normalized spacial score (nSPS) is 13.8. The average Bonchev–Trinajstić information content (AvgIpc) is 3.39. The summed E-state index contributed by atoms with van der Waals surface area (Å²) in [6.07, 6.45) is 3.11. The molecule has 4 heterocycles. The third kappa shape index (κ3) is 3.01. The molecule has 5 rings (SSSR count). The van der Waals surface area contributed by atoms with Crippen LogP contribution >= 0.6 is 0 Å². The Labute approximate surface area is 174 Å². The van der Waals surface area contributed by atoms with Crippen molar-refractivity contribution in [3.05, 3.63) is 47.3 Å². The fourth-order valence-corrected chi connectivity index (χ4v) is 3.94. The largest absolute Gasteiger partial charge is 0.482 e. The molecule has 0 aliphatic heterocycles. The van der Waals surface area contributed by atoms with E-state index >= 15 is 0 Å². The highest BCUT2D eigenvalue weighted by molar-refractivity contribution is 5.91. The van der Waals surface area contributed by atoms with Crippen LogP contribution in [-0.4, -0.2) is 39.0 Å². The SMILES string of the molecule is CCOC(=O)c1cc(OC)n2c(C3CC3)c(-c3cc4ccc(CC)nc4[nH]3)nc2c1. The van der Waals surface area contributed by atoms with E-state index in [0.717, 1.165) is 53.1 Å². The molecular weight excluding hydrogens is 380 g/mol. The van der Waals surface area contributed by atoms with Gasteiger partial charge < -0.3 is 14.5 Å². The molecular formula is C23H24N4O3. The molecule has 0 amide bonds. The molecule has 0 bridgehead atoms. The van der Waals surface area contributed by atoms with Crippen LogP contribution < -0.4 is 4.74 Å². The van der Waals surface area contributed by atoms with Crippen LogP contribution in [0.4, 0.5) is 0 Å². The molecule has 0 radical (unpaired) electrons. The van der Waals surface area contributed by atoms with E-state index < -0.39 is 0 Å². The number of H-pyrrole nitrogens is 1. The van der Waals surface area contributed by atoms with Gasteiger partial charge in [-0.15, -0.1) is 0 Å². The van der Waals surface area contributed by atoms with E-state index in [-0.39, 0.29) is 5.97 Å². The van der Waals surface area contributed by atoms with E-state index in [4.69, 9.17) is 19.4 Å². The lowest BCUT2D eigenvalue weighted by Crippen LogP contribution is -2.07. The highest BCUT2D eigenvalue weighted by atomic mass is 16.5. The van der Waals surface area contributed by atoms with Crippen molar-refractivity contribution in [2.75, 3.05) is 13.7 Å². The van der Waals surface area contributed by atoms with Crippen molar-refractivity contribution in [1.29, 1.82) is 0 Å². The monoisotopic (exact) mass is 404 g/mol. The number of nitrogens with one attached hydrogen (secondary N) is 1. The van der Waals surface area contributed by atoms with Gasteiger partial charge in [-0.1, -0.05) is 6.92 Å². The van der Waals surface area contributed by atoms with Crippen molar-refractivity contribution >= 4 is 22.6 Å². The van der Waals surface area contributed by atoms with Gasteiger partial charge in [-0.25, -0.2) is 14.8 Å². The molecule has 0 aromatic carbocycles. The second-order valence-corrected chi connectivity index (χ2v) is 7.60. The summed E-state index contributed by atoms with van der Waals surface area (Å²) in [5.41, 5.74) is 5.95. The van der Waals surface area contributed by atoms with Gasteiger partial charge in [0.1, 0.15) is 17.0 Å². The summed E-state index contributed by atoms with van der Waals surface area (Å²) >= 11 is 0. The number of aromatic nitrogens is 4. The van der Waals surface area contributed by atoms with Gasteiger partial charge >= 0.3 is 5.97 Å². The Morgan fingerprint density at radius 1 is 1.20 bits per heavy atom. The number of carbonyl (C=O) groups is 1. The molecule has 0 spiro atoms. The molecule has 1 aliphatic carbocycles. The Morgan fingerprint density at radius 3 is 2.73 bits per heavy atom. The molecule has 1 saturated carbocycles. The molecule has 30 heavy (non-hydrogen) atoms. The number of pyridine rings is 2. The van der Waals surface area contributed by atoms with Crippen LogP contribution in [0.2, 0.25) is 0 Å². The third-order valence-corrected chi connectivity index (χ3v) is 5.56. The molecule has 7 nitrogen and oxygen atoms in total. The minimum absolute atomic E-state index is 0.321. The number of aromatic amines is 1. The van der Waals surface area contributed by atoms with Crippen molar-refractivity contribution in [2.45, 2.75) is 39.0 Å². The number of ether oxygens (including phenoxy) is 2. The number of methoxy groups -OCH3 is 1. The molecule has 1 fully saturated rings. The summed E-state index contributed by atoms with van der Waals surface area (Å²) in [5.74, 6) is 0.624. The molecule has 0 saturated heterocycles. The number of hydrogen-bond acceptors (Lipinski definition) is 5. The topological polar surface area (TPSA) is 81.5 Å². The van der Waals surface area contributed by atoms with Crippen molar-refractivity contribution in [3.63, 3.8) is 0 Å². The summed E-state index contributed by atoms with van der Waals surface area (Å²) in [7, 11) is 1.61. The maximum Gasteiger partial charge on any atom is 0.338 e. The lowest BCUT2D eigenvalue weighted by Gasteiger charge is -2.10. The van der Waals surface area contributed by atoms with E-state index in [1.54, 1.807) is 26.2 Å². The number of nitrogens with zero attached hydrogens (tertiary/aromatic N) is 3. The fourth-order valence-electron chi connectivity index (χ4n) is 3.94. The molecule has 4 aromatic rings. The number of imidazole rings is 1. The molecule has 1 aliphatic rings. The fraction of sp³-hybridized carbons (Fsp3) is 0.348. The van der Waals surface area contributed by atoms with Crippen molar-refractivity contribution in [3.8, 4) is 17.3 Å². The lowest BCUT2D eigenvalue weighted by atomic mass is 10.1. The predicted molar refractivity (Wildman–Crippen MR) is 114 cm³/mol. The number of fused-ring (bicyclic) bond motifs is 2. The Hall–Kier alpha value is -3.35. The first-order chi connectivity index (χ1) is 14.6. The number of aryl methyl sites for hydroxylation is 1. The van der Waals surface area contributed by atoms with Crippen LogP contribution in [0.15, 0.2) is 30.3 Å². The van der Waals surface area contributed by atoms with Gasteiger partial charge in [-0.3, -0.25) is 4.40 Å². The first-order valence-electron chi connectivity index (χ1n) is 10.4. The van der Waals surface area contributed by atoms with Crippen LogP contribution in [0.3, 0.4) is 0 Å². The van der Waals surface area contributed by atoms with Crippen molar-refractivity contribution < 1.29 is 14.3 Å². The van der Waals surface area contributed by atoms with Crippen molar-refractivity contribution in [1.82, 2.24) is 19.4 Å². The molecule has 0 atom stereocenters. The number of esters is 1. The Balaban J connectivity index is 1.72.